The Morgan fingerprint density at radius 2 is 0.907 bits per heavy atom. The van der Waals surface area contributed by atoms with Gasteiger partial charge in [0, 0.05) is 18.6 Å². The van der Waals surface area contributed by atoms with Gasteiger partial charge in [-0.15, -0.1) is 36.4 Å². The van der Waals surface area contributed by atoms with Gasteiger partial charge in [0.25, 0.3) is 0 Å². The van der Waals surface area contributed by atoms with Crippen LogP contribution in [0, 0.1) is 51.8 Å². The van der Waals surface area contributed by atoms with Gasteiger partial charge in [-0.3, -0.25) is 33.6 Å². The number of unbranched alkanes of at least 4 members (excludes halogenated alkanes) is 2. The predicted octanol–water partition coefficient (Wildman–Crippen LogP) is 10.2. The molecule has 5 unspecified atom stereocenters. The quantitative estimate of drug-likeness (QED) is 0.0147. The number of likely N-dealkylation sites (N-methyl/N-ethyl adjacent to an activating group) is 3. The van der Waals surface area contributed by atoms with Crippen LogP contribution in [0.15, 0.2) is 0 Å². The number of nitrogens with zero attached hydrogens (tertiary/aromatic N) is 3. The van der Waals surface area contributed by atoms with Gasteiger partial charge in [0.15, 0.2) is 13.2 Å². The highest BCUT2D eigenvalue weighted by atomic mass is 32.2. The number of amides is 2. The second kappa shape index (κ2) is 41.3. The van der Waals surface area contributed by atoms with Gasteiger partial charge >= 0.3 is 29.8 Å². The third-order valence-electron chi connectivity index (χ3n) is 13.8. The van der Waals surface area contributed by atoms with Crippen molar-refractivity contribution in [2.75, 3.05) is 120 Å². The molecule has 0 aromatic carbocycles. The lowest BCUT2D eigenvalue weighted by Crippen LogP contribution is -2.48. The maximum absolute atomic E-state index is 14.3. The summed E-state index contributed by atoms with van der Waals surface area (Å²) in [5.74, 6) is 3.24. The highest BCUT2D eigenvalue weighted by Gasteiger charge is 2.52. The van der Waals surface area contributed by atoms with Crippen LogP contribution in [0.3, 0.4) is 0 Å². The zero-order chi connectivity index (χ0) is 66.9. The van der Waals surface area contributed by atoms with Crippen LogP contribution in [0.25, 0.3) is 0 Å². The zero-order valence-electron chi connectivity index (χ0n) is 56.3. The number of carbonyl (C=O) groups excluding carboxylic acids is 7. The zero-order valence-corrected chi connectivity index (χ0v) is 61.2. The van der Waals surface area contributed by atoms with E-state index >= 15 is 0 Å². The molecule has 494 valence electrons. The Labute approximate surface area is 547 Å². The Morgan fingerprint density at radius 1 is 0.547 bits per heavy atom. The van der Waals surface area contributed by atoms with E-state index in [1.165, 1.54) is 35.3 Å². The first-order chi connectivity index (χ1) is 39.5. The van der Waals surface area contributed by atoms with E-state index in [0.717, 1.165) is 43.7 Å². The Morgan fingerprint density at radius 3 is 1.26 bits per heavy atom. The van der Waals surface area contributed by atoms with Gasteiger partial charge < -0.3 is 48.2 Å². The molecule has 0 aromatic heterocycles. The van der Waals surface area contributed by atoms with E-state index in [2.05, 4.69) is 57.3 Å². The fourth-order valence-electron chi connectivity index (χ4n) is 8.87. The first-order valence-electron chi connectivity index (χ1n) is 29.8. The summed E-state index contributed by atoms with van der Waals surface area (Å²) in [7, 11) is 13.9. The topological polar surface area (TPSA) is 193 Å². The Hall–Kier alpha value is -3.13. The van der Waals surface area contributed by atoms with Gasteiger partial charge in [-0.05, 0) is 154 Å². The Kier molecular flexibility index (Phi) is 40.8. The molecule has 0 saturated heterocycles. The molecule has 0 aliphatic heterocycles. The summed E-state index contributed by atoms with van der Waals surface area (Å²) >= 11 is 16.9. The first kappa shape index (κ1) is 84.9. The second-order valence-electron chi connectivity index (χ2n) is 26.6. The molecular weight excluding hydrogens is 1210 g/mol. The molecule has 0 spiro atoms. The summed E-state index contributed by atoms with van der Waals surface area (Å²) in [5, 5.41) is 4.57. The number of terminal acetylenes is 2. The van der Waals surface area contributed by atoms with Gasteiger partial charge in [-0.2, -0.15) is 0 Å². The summed E-state index contributed by atoms with van der Waals surface area (Å²) in [4.78, 5) is 96.7. The minimum Gasteiger partial charge on any atom is -0.464 e. The molecule has 5 atom stereocenters. The van der Waals surface area contributed by atoms with Crippen LogP contribution < -0.4 is 10.6 Å². The van der Waals surface area contributed by atoms with E-state index in [-0.39, 0.29) is 89.0 Å². The molecule has 0 aliphatic carbocycles. The summed E-state index contributed by atoms with van der Waals surface area (Å²) < 4.78 is 30.4. The number of quaternary nitrogens is 2. The number of ether oxygens (including phenoxy) is 5. The van der Waals surface area contributed by atoms with E-state index in [1.54, 1.807) is 60.2 Å². The monoisotopic (exact) mass is 1320 g/mol. The van der Waals surface area contributed by atoms with Crippen molar-refractivity contribution in [2.45, 2.75) is 177 Å². The lowest BCUT2D eigenvalue weighted by atomic mass is 9.64. The van der Waals surface area contributed by atoms with Crippen molar-refractivity contribution in [3.63, 3.8) is 0 Å². The molecule has 0 rings (SSSR count). The molecule has 2 amide bonds. The van der Waals surface area contributed by atoms with Crippen molar-refractivity contribution in [3.05, 3.63) is 0 Å². The molecule has 0 fully saturated rings. The van der Waals surface area contributed by atoms with Gasteiger partial charge in [0.05, 0.1) is 79.4 Å². The number of hydrogen-bond acceptors (Lipinski definition) is 19. The number of rotatable bonds is 39. The number of nitrogens with one attached hydrogen (secondary N) is 2. The number of hydrogen-bond donors (Lipinski definition) is 2. The number of thiocarbonyl (C=S) groups is 2. The van der Waals surface area contributed by atoms with Crippen LogP contribution in [0.1, 0.15) is 155 Å². The first-order valence-corrected chi connectivity index (χ1v) is 34.4. The molecule has 23 heteroatoms. The normalized spacial score (nSPS) is 14.7. The van der Waals surface area contributed by atoms with Crippen LogP contribution in [0.2, 0.25) is 0 Å². The van der Waals surface area contributed by atoms with Gasteiger partial charge in [0.2, 0.25) is 11.8 Å². The molecule has 0 bridgehead atoms. The van der Waals surface area contributed by atoms with Crippen molar-refractivity contribution >= 4 is 120 Å². The van der Waals surface area contributed by atoms with E-state index in [4.69, 9.17) is 61.0 Å². The summed E-state index contributed by atoms with van der Waals surface area (Å²) in [5.41, 5.74) is -6.08. The molecule has 86 heavy (non-hydrogen) atoms. The second-order valence-corrected chi connectivity index (χ2v) is 33.6. The minimum absolute atomic E-state index is 0.00345. The van der Waals surface area contributed by atoms with Crippen LogP contribution in [-0.4, -0.2) is 205 Å². The SMILES string of the molecule is C#CCOC(=O)C(C)(C)CC(C)(CC(C)(CC(SC(=S)SCCCC)C(=O)NC(C)C)C(=O)OCC[N+](C)(C)CC)C(=O)OCC[N+](C)(C)C.C#CCOC(=O)C(C)(C)CC(C)(CC(SC(=S)SCCCC)C(=O)NC(C)C)C(=O)OCCN(C)C. The van der Waals surface area contributed by atoms with Gasteiger partial charge in [-0.1, -0.05) is 86.5 Å². The van der Waals surface area contributed by atoms with E-state index < -0.39 is 67.4 Å². The van der Waals surface area contributed by atoms with Gasteiger partial charge in [-0.25, -0.2) is 0 Å². The third-order valence-corrected chi connectivity index (χ3v) is 19.5. The largest absolute Gasteiger partial charge is 0.464 e. The van der Waals surface area contributed by atoms with E-state index in [0.29, 0.717) is 35.7 Å². The van der Waals surface area contributed by atoms with Gasteiger partial charge in [0.1, 0.15) is 40.0 Å². The fraction of sp³-hybridized carbons (Fsp3) is 0.794. The van der Waals surface area contributed by atoms with Crippen LogP contribution >= 0.6 is 71.5 Å². The minimum atomic E-state index is -1.36. The van der Waals surface area contributed by atoms with Crippen molar-refractivity contribution in [2.24, 2.45) is 27.1 Å². The molecular formula is C63H111N5O12S6+2. The lowest BCUT2D eigenvalue weighted by molar-refractivity contribution is -0.888. The fourth-order valence-corrected chi connectivity index (χ4v) is 14.7. The number of thioether (sulfide) groups is 4. The molecule has 0 aliphatic rings. The molecule has 0 aromatic rings. The molecule has 0 saturated carbocycles. The van der Waals surface area contributed by atoms with Crippen LogP contribution in [-0.2, 0) is 57.2 Å². The molecule has 17 nitrogen and oxygen atoms in total. The highest BCUT2D eigenvalue weighted by Crippen LogP contribution is 2.48. The van der Waals surface area contributed by atoms with Crippen molar-refractivity contribution in [1.29, 1.82) is 0 Å². The van der Waals surface area contributed by atoms with Crippen LogP contribution in [0.5, 0.6) is 0 Å². The van der Waals surface area contributed by atoms with Crippen LogP contribution in [0.4, 0.5) is 0 Å². The maximum atomic E-state index is 14.3. The predicted molar refractivity (Wildman–Crippen MR) is 366 cm³/mol. The molecule has 2 N–H and O–H groups in total. The summed E-state index contributed by atoms with van der Waals surface area (Å²) in [6, 6.07) is -0.217. The Balaban J connectivity index is 0. The average molecular weight is 1320 g/mol. The van der Waals surface area contributed by atoms with Crippen molar-refractivity contribution < 1.29 is 66.2 Å². The van der Waals surface area contributed by atoms with Crippen molar-refractivity contribution in [1.82, 2.24) is 15.5 Å². The maximum Gasteiger partial charge on any atom is 0.312 e. The average Bonchev–Trinajstić information content (AvgIpc) is 1.29. The van der Waals surface area contributed by atoms with Crippen molar-refractivity contribution in [3.8, 4) is 24.7 Å². The van der Waals surface area contributed by atoms with E-state index in [9.17, 15) is 33.6 Å². The number of esters is 5. The third kappa shape index (κ3) is 35.9. The highest BCUT2D eigenvalue weighted by molar-refractivity contribution is 8.48. The Bertz CT molecular complexity index is 2260. The summed E-state index contributed by atoms with van der Waals surface area (Å²) in [6.07, 6.45) is 14.9. The lowest BCUT2D eigenvalue weighted by Gasteiger charge is -2.41. The van der Waals surface area contributed by atoms with E-state index in [1.807, 2.05) is 67.8 Å². The summed E-state index contributed by atoms with van der Waals surface area (Å²) in [6.45, 7) is 28.5. The number of carbonyl (C=O) groups is 7. The smallest absolute Gasteiger partial charge is 0.312 e. The standard InChI is InChI=1S/C37H66N3O7S3.C26H44N2O5S3/c1-15-18-24-49-34(48)50-29(30(41)38-28(4)5)25-36(8,32(43)47-23-20-40(13,14)17-3)27-37(9,33(44)46-22-19-39(10,11)12)26-35(6,7)31(42)45-21-16-2;1-10-12-16-35-24(34)36-20(21(29)27-19(3)4)17-26(7,23(31)33-15-13-28(8)9)18-25(5,6)22(30)32-14-11-2/h2,28-29H,15,17-27H2,1,3-14H3;2,19-20H,10,12-18H2,1,3-9H3,(H,27,29)/q+1;/p+1. The molecule has 0 heterocycles. The molecule has 0 radical (unpaired) electrons.